The second-order valence-corrected chi connectivity index (χ2v) is 13.8. The summed E-state index contributed by atoms with van der Waals surface area (Å²) < 4.78 is 28.5. The van der Waals surface area contributed by atoms with Crippen molar-refractivity contribution in [3.05, 3.63) is 52.4 Å². The van der Waals surface area contributed by atoms with Crippen molar-refractivity contribution >= 4 is 56.8 Å². The Hall–Kier alpha value is -3.98. The van der Waals surface area contributed by atoms with Gasteiger partial charge in [0, 0.05) is 42.8 Å². The third kappa shape index (κ3) is 6.73. The van der Waals surface area contributed by atoms with Crippen LogP contribution in [0.25, 0.3) is 32.9 Å². The normalized spacial score (nSPS) is 18.9. The Morgan fingerprint density at radius 2 is 1.94 bits per heavy atom. The molecule has 4 heterocycles. The van der Waals surface area contributed by atoms with Gasteiger partial charge in [0.15, 0.2) is 5.82 Å². The number of halogens is 3. The molecule has 4 aromatic rings. The van der Waals surface area contributed by atoms with E-state index >= 15 is 4.39 Å². The Bertz CT molecular complexity index is 1880. The van der Waals surface area contributed by atoms with Gasteiger partial charge in [-0.3, -0.25) is 4.98 Å². The SMILES string of the molecule is CN1CCC[C@H]1COc1nc(N2CCN(C(=O)OC(C)(C)C)[C@@H](CC#N)C2)c2cnc(-c3cccc4ccc(Cl)c(Cl)c34)c(F)c2n1. The summed E-state index contributed by atoms with van der Waals surface area (Å²) in [7, 11) is 2.05. The Morgan fingerprint density at radius 3 is 2.66 bits per heavy atom. The van der Waals surface area contributed by atoms with Crippen LogP contribution in [0.4, 0.5) is 15.0 Å². The molecule has 246 valence electrons. The fourth-order valence-electron chi connectivity index (χ4n) is 6.27. The molecule has 2 aromatic heterocycles. The molecule has 2 fully saturated rings. The summed E-state index contributed by atoms with van der Waals surface area (Å²) in [5, 5.41) is 12.0. The fraction of sp³-hybridized carbons (Fsp3) is 0.441. The lowest BCUT2D eigenvalue weighted by molar-refractivity contribution is 0.0145. The first kappa shape index (κ1) is 32.9. The first-order valence-electron chi connectivity index (χ1n) is 15.6. The molecule has 2 saturated heterocycles. The molecule has 47 heavy (non-hydrogen) atoms. The number of benzene rings is 2. The average molecular weight is 681 g/mol. The highest BCUT2D eigenvalue weighted by atomic mass is 35.5. The summed E-state index contributed by atoms with van der Waals surface area (Å²) in [6.07, 6.45) is 3.19. The lowest BCUT2D eigenvalue weighted by atomic mass is 10.0. The van der Waals surface area contributed by atoms with Gasteiger partial charge in [0.2, 0.25) is 0 Å². The summed E-state index contributed by atoms with van der Waals surface area (Å²) in [6, 6.07) is 10.9. The molecule has 0 unspecified atom stereocenters. The van der Waals surface area contributed by atoms with E-state index in [0.29, 0.717) is 45.4 Å². The molecule has 1 amide bonds. The van der Waals surface area contributed by atoms with Gasteiger partial charge in [-0.1, -0.05) is 47.5 Å². The van der Waals surface area contributed by atoms with Crippen LogP contribution in [0, 0.1) is 17.1 Å². The van der Waals surface area contributed by atoms with Crippen LogP contribution in [-0.4, -0.2) is 88.4 Å². The van der Waals surface area contributed by atoms with Crippen molar-refractivity contribution in [2.45, 2.75) is 57.7 Å². The third-order valence-corrected chi connectivity index (χ3v) is 9.45. The van der Waals surface area contributed by atoms with Crippen molar-refractivity contribution in [2.24, 2.45) is 0 Å². The zero-order valence-electron chi connectivity index (χ0n) is 26.8. The molecule has 0 N–H and O–H groups in total. The maximum absolute atomic E-state index is 16.7. The highest BCUT2D eigenvalue weighted by molar-refractivity contribution is 6.46. The number of ether oxygens (including phenoxy) is 2. The largest absolute Gasteiger partial charge is 0.462 e. The lowest BCUT2D eigenvalue weighted by Gasteiger charge is -2.41. The van der Waals surface area contributed by atoms with Gasteiger partial charge in [-0.15, -0.1) is 0 Å². The Kier molecular flexibility index (Phi) is 9.29. The van der Waals surface area contributed by atoms with Gasteiger partial charge in [0.1, 0.15) is 29.2 Å². The Balaban J connectivity index is 1.43. The predicted molar refractivity (Wildman–Crippen MR) is 181 cm³/mol. The summed E-state index contributed by atoms with van der Waals surface area (Å²) in [5.74, 6) is -0.244. The zero-order chi connectivity index (χ0) is 33.5. The van der Waals surface area contributed by atoms with Crippen LogP contribution in [0.3, 0.4) is 0 Å². The lowest BCUT2D eigenvalue weighted by Crippen LogP contribution is -2.56. The number of nitriles is 1. The van der Waals surface area contributed by atoms with Gasteiger partial charge in [-0.2, -0.15) is 15.2 Å². The van der Waals surface area contributed by atoms with Gasteiger partial charge in [-0.05, 0) is 58.7 Å². The molecular formula is C34H36Cl2FN7O3. The second kappa shape index (κ2) is 13.3. The fourth-order valence-corrected chi connectivity index (χ4v) is 6.70. The third-order valence-electron chi connectivity index (χ3n) is 8.65. The summed E-state index contributed by atoms with van der Waals surface area (Å²) in [6.45, 7) is 7.63. The topological polar surface area (TPSA) is 108 Å². The number of anilines is 1. The van der Waals surface area contributed by atoms with E-state index in [2.05, 4.69) is 20.9 Å². The Morgan fingerprint density at radius 1 is 1.13 bits per heavy atom. The van der Waals surface area contributed by atoms with E-state index in [1.54, 1.807) is 44.0 Å². The standard InChI is InChI=1S/C34H36Cl2FN7O3/c1-34(2,3)47-33(45)44-16-15-43(18-21(44)12-13-38)31-24-17-39-29(23-9-5-7-20-10-11-25(35)27(36)26(20)23)28(37)30(24)40-32(41-31)46-19-22-8-6-14-42(22)4/h5,7,9-11,17,21-22H,6,8,12,14-16,18-19H2,1-4H3/t21-,22-/m0/s1. The molecule has 2 aliphatic heterocycles. The van der Waals surface area contributed by atoms with Gasteiger partial charge in [0.25, 0.3) is 0 Å². The van der Waals surface area contributed by atoms with E-state index in [4.69, 9.17) is 37.7 Å². The molecule has 2 aliphatic rings. The number of nitrogens with zero attached hydrogens (tertiary/aromatic N) is 7. The van der Waals surface area contributed by atoms with Crippen molar-refractivity contribution in [2.75, 3.05) is 44.7 Å². The predicted octanol–water partition coefficient (Wildman–Crippen LogP) is 7.10. The first-order chi connectivity index (χ1) is 22.4. The minimum Gasteiger partial charge on any atom is -0.462 e. The van der Waals surface area contributed by atoms with Gasteiger partial charge >= 0.3 is 12.1 Å². The van der Waals surface area contributed by atoms with Crippen molar-refractivity contribution in [1.82, 2.24) is 24.8 Å². The van der Waals surface area contributed by atoms with E-state index in [9.17, 15) is 10.1 Å². The van der Waals surface area contributed by atoms with Crippen LogP contribution in [0.1, 0.15) is 40.0 Å². The number of piperazine rings is 1. The van der Waals surface area contributed by atoms with Crippen molar-refractivity contribution < 1.29 is 18.7 Å². The summed E-state index contributed by atoms with van der Waals surface area (Å²) >= 11 is 13.0. The van der Waals surface area contributed by atoms with Crippen molar-refractivity contribution in [1.29, 1.82) is 5.26 Å². The van der Waals surface area contributed by atoms with Gasteiger partial charge < -0.3 is 24.2 Å². The zero-order valence-corrected chi connectivity index (χ0v) is 28.3. The van der Waals surface area contributed by atoms with Crippen LogP contribution in [0.2, 0.25) is 10.0 Å². The molecule has 2 atom stereocenters. The number of likely N-dealkylation sites (tertiary alicyclic amines) is 1. The summed E-state index contributed by atoms with van der Waals surface area (Å²) in [5.41, 5.74) is -0.106. The van der Waals surface area contributed by atoms with Crippen LogP contribution in [0.5, 0.6) is 6.01 Å². The van der Waals surface area contributed by atoms with Crippen LogP contribution in [0.15, 0.2) is 36.5 Å². The number of fused-ring (bicyclic) bond motifs is 2. The van der Waals surface area contributed by atoms with Crippen LogP contribution >= 0.6 is 23.2 Å². The number of amides is 1. The number of hydrogen-bond donors (Lipinski definition) is 0. The van der Waals surface area contributed by atoms with Crippen molar-refractivity contribution in [3.8, 4) is 23.3 Å². The quantitative estimate of drug-likeness (QED) is 0.211. The molecule has 0 radical (unpaired) electrons. The van der Waals surface area contributed by atoms with Gasteiger partial charge in [-0.25, -0.2) is 9.18 Å². The average Bonchev–Trinajstić information content (AvgIpc) is 3.45. The molecule has 10 nitrogen and oxygen atoms in total. The van der Waals surface area contributed by atoms with E-state index in [-0.39, 0.29) is 42.8 Å². The molecule has 0 bridgehead atoms. The molecule has 13 heteroatoms. The minimum atomic E-state index is -0.686. The molecule has 0 aliphatic carbocycles. The number of aromatic nitrogens is 3. The molecule has 2 aromatic carbocycles. The smallest absolute Gasteiger partial charge is 0.410 e. The number of hydrogen-bond acceptors (Lipinski definition) is 9. The first-order valence-corrected chi connectivity index (χ1v) is 16.4. The number of pyridine rings is 1. The van der Waals surface area contributed by atoms with Crippen LogP contribution in [-0.2, 0) is 4.74 Å². The molecule has 0 saturated carbocycles. The maximum atomic E-state index is 16.7. The monoisotopic (exact) mass is 679 g/mol. The second-order valence-electron chi connectivity index (χ2n) is 13.0. The van der Waals surface area contributed by atoms with E-state index in [1.807, 2.05) is 30.1 Å². The van der Waals surface area contributed by atoms with E-state index < -0.39 is 23.6 Å². The van der Waals surface area contributed by atoms with Crippen molar-refractivity contribution in [3.63, 3.8) is 0 Å². The highest BCUT2D eigenvalue weighted by Crippen LogP contribution is 2.40. The van der Waals surface area contributed by atoms with Crippen LogP contribution < -0.4 is 9.64 Å². The van der Waals surface area contributed by atoms with E-state index in [0.717, 1.165) is 24.8 Å². The molecular weight excluding hydrogens is 644 g/mol. The minimum absolute atomic E-state index is 0.0363. The molecule has 0 spiro atoms. The Labute approximate surface area is 283 Å². The maximum Gasteiger partial charge on any atom is 0.410 e. The highest BCUT2D eigenvalue weighted by Gasteiger charge is 2.35. The number of rotatable bonds is 6. The number of carbonyl (C=O) groups is 1. The summed E-state index contributed by atoms with van der Waals surface area (Å²) in [4.78, 5) is 32.7. The molecule has 6 rings (SSSR count). The number of likely N-dealkylation sites (N-methyl/N-ethyl adjacent to an activating group) is 1. The van der Waals surface area contributed by atoms with Gasteiger partial charge in [0.05, 0.1) is 34.0 Å². The number of carbonyl (C=O) groups excluding carboxylic acids is 1. The van der Waals surface area contributed by atoms with E-state index in [1.165, 1.54) is 0 Å².